The second-order valence-corrected chi connectivity index (χ2v) is 3.71. The molecule has 0 aliphatic carbocycles. The molecular formula is C10H18N6O2. The minimum Gasteiger partial charge on any atom is -0.395 e. The molecule has 8 nitrogen and oxygen atoms in total. The van der Waals surface area contributed by atoms with E-state index in [1.54, 1.807) is 11.6 Å². The van der Waals surface area contributed by atoms with Gasteiger partial charge in [0.1, 0.15) is 5.69 Å². The highest BCUT2D eigenvalue weighted by atomic mass is 16.2. The summed E-state index contributed by atoms with van der Waals surface area (Å²) in [4.78, 5) is 22.3. The van der Waals surface area contributed by atoms with E-state index in [-0.39, 0.29) is 19.0 Å². The second-order valence-electron chi connectivity index (χ2n) is 3.71. The summed E-state index contributed by atoms with van der Waals surface area (Å²) in [6.07, 6.45) is 0. The van der Waals surface area contributed by atoms with Crippen molar-refractivity contribution in [2.45, 2.75) is 20.4 Å². The van der Waals surface area contributed by atoms with Gasteiger partial charge in [-0.1, -0.05) is 0 Å². The molecule has 0 spiro atoms. The molecule has 1 heterocycles. The highest BCUT2D eigenvalue weighted by Gasteiger charge is 2.18. The van der Waals surface area contributed by atoms with E-state index >= 15 is 0 Å². The minimum absolute atomic E-state index is 0.264. The van der Waals surface area contributed by atoms with Gasteiger partial charge in [0, 0.05) is 19.6 Å². The lowest BCUT2D eigenvalue weighted by Crippen LogP contribution is -2.37. The van der Waals surface area contributed by atoms with E-state index in [2.05, 4.69) is 15.7 Å². The molecule has 0 atom stereocenters. The van der Waals surface area contributed by atoms with Crippen LogP contribution >= 0.6 is 0 Å². The Morgan fingerprint density at radius 3 is 2.50 bits per heavy atom. The molecule has 0 bridgehead atoms. The van der Waals surface area contributed by atoms with Crippen LogP contribution in [0, 0.1) is 6.92 Å². The molecule has 0 saturated carbocycles. The van der Waals surface area contributed by atoms with E-state index in [4.69, 9.17) is 11.5 Å². The number of hydrogen-bond acceptors (Lipinski definition) is 4. The van der Waals surface area contributed by atoms with Crippen molar-refractivity contribution in [3.8, 4) is 0 Å². The molecular weight excluding hydrogens is 236 g/mol. The molecule has 0 radical (unpaired) electrons. The second kappa shape index (κ2) is 5.89. The van der Waals surface area contributed by atoms with Crippen molar-refractivity contribution in [3.63, 3.8) is 0 Å². The van der Waals surface area contributed by atoms with E-state index in [0.717, 1.165) is 0 Å². The summed E-state index contributed by atoms with van der Waals surface area (Å²) < 4.78 is 1.54. The molecule has 8 heteroatoms. The topological polar surface area (TPSA) is 128 Å². The fourth-order valence-corrected chi connectivity index (χ4v) is 1.51. The van der Waals surface area contributed by atoms with Crippen LogP contribution in [-0.4, -0.2) is 34.8 Å². The maximum Gasteiger partial charge on any atom is 0.312 e. The third kappa shape index (κ3) is 3.12. The number of nitrogen functional groups attached to an aromatic ring is 1. The Morgan fingerprint density at radius 2 is 1.94 bits per heavy atom. The molecule has 0 aromatic carbocycles. The predicted molar refractivity (Wildman–Crippen MR) is 67.0 cm³/mol. The van der Waals surface area contributed by atoms with Crippen LogP contribution in [0.5, 0.6) is 0 Å². The monoisotopic (exact) mass is 254 g/mol. The molecule has 0 aliphatic rings. The SMILES string of the molecule is CCn1nc(C)c(N)c1C(=O)NCCNC(N)=O. The lowest BCUT2D eigenvalue weighted by molar-refractivity contribution is 0.0944. The molecule has 3 amide bonds. The summed E-state index contributed by atoms with van der Waals surface area (Å²) in [5.74, 6) is -0.318. The van der Waals surface area contributed by atoms with Gasteiger partial charge in [-0.25, -0.2) is 4.79 Å². The van der Waals surface area contributed by atoms with Crippen molar-refractivity contribution in [2.75, 3.05) is 18.8 Å². The molecule has 0 aliphatic heterocycles. The minimum atomic E-state index is -0.627. The van der Waals surface area contributed by atoms with Crippen LogP contribution < -0.4 is 22.1 Å². The van der Waals surface area contributed by atoms with Gasteiger partial charge in [-0.15, -0.1) is 0 Å². The molecule has 1 rings (SSSR count). The Hall–Kier alpha value is -2.25. The molecule has 1 aromatic rings. The van der Waals surface area contributed by atoms with Crippen LogP contribution in [0.4, 0.5) is 10.5 Å². The fourth-order valence-electron chi connectivity index (χ4n) is 1.51. The summed E-state index contributed by atoms with van der Waals surface area (Å²) in [7, 11) is 0. The van der Waals surface area contributed by atoms with E-state index in [0.29, 0.717) is 23.6 Å². The number of nitrogens with two attached hydrogens (primary N) is 2. The highest BCUT2D eigenvalue weighted by molar-refractivity contribution is 5.97. The number of nitrogens with one attached hydrogen (secondary N) is 2. The molecule has 0 fully saturated rings. The molecule has 18 heavy (non-hydrogen) atoms. The lowest BCUT2D eigenvalue weighted by atomic mass is 10.3. The summed E-state index contributed by atoms with van der Waals surface area (Å²) in [6.45, 7) is 4.71. The van der Waals surface area contributed by atoms with Crippen LogP contribution in [-0.2, 0) is 6.54 Å². The number of primary amides is 1. The fraction of sp³-hybridized carbons (Fsp3) is 0.500. The quantitative estimate of drug-likeness (QED) is 0.512. The van der Waals surface area contributed by atoms with Crippen LogP contribution in [0.15, 0.2) is 0 Å². The number of amides is 3. The Morgan fingerprint density at radius 1 is 1.33 bits per heavy atom. The van der Waals surface area contributed by atoms with Crippen molar-refractivity contribution >= 4 is 17.6 Å². The van der Waals surface area contributed by atoms with Gasteiger partial charge in [0.05, 0.1) is 11.4 Å². The van der Waals surface area contributed by atoms with Gasteiger partial charge in [-0.3, -0.25) is 9.48 Å². The Kier molecular flexibility index (Phi) is 4.52. The first-order chi connectivity index (χ1) is 8.47. The van der Waals surface area contributed by atoms with Crippen LogP contribution in [0.1, 0.15) is 23.1 Å². The normalized spacial score (nSPS) is 10.1. The van der Waals surface area contributed by atoms with Gasteiger partial charge < -0.3 is 22.1 Å². The zero-order valence-corrected chi connectivity index (χ0v) is 10.5. The van der Waals surface area contributed by atoms with Gasteiger partial charge in [0.15, 0.2) is 0 Å². The molecule has 0 unspecified atom stereocenters. The van der Waals surface area contributed by atoms with Crippen molar-refractivity contribution in [2.24, 2.45) is 5.73 Å². The average Bonchev–Trinajstić information content (AvgIpc) is 2.60. The van der Waals surface area contributed by atoms with E-state index in [9.17, 15) is 9.59 Å². The Labute approximate surface area is 105 Å². The number of aromatic nitrogens is 2. The molecule has 1 aromatic heterocycles. The average molecular weight is 254 g/mol. The van der Waals surface area contributed by atoms with Gasteiger partial charge in [-0.2, -0.15) is 5.10 Å². The van der Waals surface area contributed by atoms with E-state index < -0.39 is 6.03 Å². The maximum absolute atomic E-state index is 11.9. The summed E-state index contributed by atoms with van der Waals surface area (Å²) in [6, 6.07) is -0.627. The van der Waals surface area contributed by atoms with Gasteiger partial charge >= 0.3 is 6.03 Å². The first kappa shape index (κ1) is 13.8. The Bertz CT molecular complexity index is 453. The number of anilines is 1. The van der Waals surface area contributed by atoms with Gasteiger partial charge in [-0.05, 0) is 13.8 Å². The number of rotatable bonds is 5. The van der Waals surface area contributed by atoms with Crippen molar-refractivity contribution < 1.29 is 9.59 Å². The largest absolute Gasteiger partial charge is 0.395 e. The molecule has 0 saturated heterocycles. The van der Waals surface area contributed by atoms with Crippen LogP contribution in [0.2, 0.25) is 0 Å². The number of hydrogen-bond donors (Lipinski definition) is 4. The summed E-state index contributed by atoms with van der Waals surface area (Å²) in [5.41, 5.74) is 12.0. The third-order valence-electron chi connectivity index (χ3n) is 2.40. The zero-order chi connectivity index (χ0) is 13.7. The van der Waals surface area contributed by atoms with E-state index in [1.807, 2.05) is 6.92 Å². The van der Waals surface area contributed by atoms with Crippen molar-refractivity contribution in [1.29, 1.82) is 0 Å². The molecule has 100 valence electrons. The Balaban J connectivity index is 2.64. The van der Waals surface area contributed by atoms with Gasteiger partial charge in [0.25, 0.3) is 5.91 Å². The number of carbonyl (C=O) groups is 2. The van der Waals surface area contributed by atoms with Crippen LogP contribution in [0.25, 0.3) is 0 Å². The number of aryl methyl sites for hydroxylation is 2. The number of carbonyl (C=O) groups excluding carboxylic acids is 2. The summed E-state index contributed by atoms with van der Waals surface area (Å²) in [5, 5.41) is 9.15. The third-order valence-corrected chi connectivity index (χ3v) is 2.40. The van der Waals surface area contributed by atoms with Crippen molar-refractivity contribution in [3.05, 3.63) is 11.4 Å². The highest BCUT2D eigenvalue weighted by Crippen LogP contribution is 2.15. The zero-order valence-electron chi connectivity index (χ0n) is 10.5. The van der Waals surface area contributed by atoms with E-state index in [1.165, 1.54) is 0 Å². The van der Waals surface area contributed by atoms with Crippen LogP contribution in [0.3, 0.4) is 0 Å². The number of nitrogens with zero attached hydrogens (tertiary/aromatic N) is 2. The molecule has 6 N–H and O–H groups in total. The first-order valence-electron chi connectivity index (χ1n) is 5.61. The first-order valence-corrected chi connectivity index (χ1v) is 5.61. The van der Waals surface area contributed by atoms with Crippen molar-refractivity contribution in [1.82, 2.24) is 20.4 Å². The lowest BCUT2D eigenvalue weighted by Gasteiger charge is -2.07. The smallest absolute Gasteiger partial charge is 0.312 e. The summed E-state index contributed by atoms with van der Waals surface area (Å²) >= 11 is 0. The van der Waals surface area contributed by atoms with Gasteiger partial charge in [0.2, 0.25) is 0 Å². The maximum atomic E-state index is 11.9. The standard InChI is InChI=1S/C10H18N6O2/c1-3-16-8(7(11)6(2)15-16)9(17)13-4-5-14-10(12)18/h3-5,11H2,1-2H3,(H,13,17)(H3,12,14,18). The predicted octanol–water partition coefficient (Wildman–Crippen LogP) is -0.808. The number of urea groups is 1.